The minimum atomic E-state index is -0.320. The molecule has 0 aliphatic rings. The second-order valence-electron chi connectivity index (χ2n) is 4.56. The lowest BCUT2D eigenvalue weighted by Gasteiger charge is -2.12. The Hall–Kier alpha value is -2.69. The Morgan fingerprint density at radius 1 is 1.00 bits per heavy atom. The number of benzene rings is 2. The summed E-state index contributed by atoms with van der Waals surface area (Å²) >= 11 is 0. The Morgan fingerprint density at radius 2 is 1.55 bits per heavy atom. The van der Waals surface area contributed by atoms with Gasteiger partial charge in [0.15, 0.2) is 0 Å². The van der Waals surface area contributed by atoms with E-state index in [1.54, 1.807) is 0 Å². The number of carbonyl (C=O) groups excluding carboxylic acids is 1. The number of anilines is 3. The fraction of sp³-hybridized carbons (Fsp3) is 0.133. The van der Waals surface area contributed by atoms with Crippen molar-refractivity contribution >= 4 is 23.0 Å². The second kappa shape index (κ2) is 5.52. The Bertz CT molecular complexity index is 636. The number of phenols is 2. The van der Waals surface area contributed by atoms with Crippen molar-refractivity contribution < 1.29 is 15.0 Å². The maximum absolute atomic E-state index is 11.0. The van der Waals surface area contributed by atoms with Crippen LogP contribution in [0.2, 0.25) is 0 Å². The first kappa shape index (κ1) is 13.7. The Morgan fingerprint density at radius 3 is 2.15 bits per heavy atom. The topological polar surface area (TPSA) is 81.6 Å². The molecular formula is C15H16N2O3. The van der Waals surface area contributed by atoms with E-state index in [1.165, 1.54) is 19.1 Å². The minimum absolute atomic E-state index is 0.0628. The zero-order valence-electron chi connectivity index (χ0n) is 11.3. The molecule has 0 heterocycles. The molecule has 0 aliphatic heterocycles. The van der Waals surface area contributed by atoms with E-state index >= 15 is 0 Å². The van der Waals surface area contributed by atoms with Gasteiger partial charge in [-0.3, -0.25) is 4.79 Å². The smallest absolute Gasteiger partial charge is 0.221 e. The highest BCUT2D eigenvalue weighted by Gasteiger charge is 2.10. The van der Waals surface area contributed by atoms with Crippen LogP contribution in [0.1, 0.15) is 12.5 Å². The van der Waals surface area contributed by atoms with Crippen LogP contribution in [0.5, 0.6) is 11.5 Å². The summed E-state index contributed by atoms with van der Waals surface area (Å²) in [6, 6.07) is 10.3. The predicted molar refractivity (Wildman–Crippen MR) is 78.5 cm³/mol. The Kier molecular flexibility index (Phi) is 3.79. The fourth-order valence-electron chi connectivity index (χ4n) is 1.76. The number of amides is 1. The Labute approximate surface area is 116 Å². The fourth-order valence-corrected chi connectivity index (χ4v) is 1.76. The van der Waals surface area contributed by atoms with Crippen LogP contribution in [0.15, 0.2) is 36.4 Å². The summed E-state index contributed by atoms with van der Waals surface area (Å²) in [7, 11) is 0. The van der Waals surface area contributed by atoms with Gasteiger partial charge >= 0.3 is 0 Å². The third-order valence-electron chi connectivity index (χ3n) is 2.76. The first-order chi connectivity index (χ1) is 9.45. The lowest BCUT2D eigenvalue weighted by molar-refractivity contribution is -0.114. The van der Waals surface area contributed by atoms with Crippen LogP contribution in [0.25, 0.3) is 0 Å². The van der Waals surface area contributed by atoms with Crippen molar-refractivity contribution in [1.82, 2.24) is 0 Å². The molecule has 0 unspecified atom stereocenters. The normalized spacial score (nSPS) is 10.1. The molecule has 0 spiro atoms. The van der Waals surface area contributed by atoms with Crippen LogP contribution in [-0.4, -0.2) is 16.1 Å². The SMILES string of the molecule is CC(=O)Nc1cc(O)c(Nc2ccc(C)cc2)cc1O. The second-order valence-corrected chi connectivity index (χ2v) is 4.56. The minimum Gasteiger partial charge on any atom is -0.506 e. The monoisotopic (exact) mass is 272 g/mol. The van der Waals surface area contributed by atoms with Crippen LogP contribution < -0.4 is 10.6 Å². The van der Waals surface area contributed by atoms with Gasteiger partial charge in [0.2, 0.25) is 5.91 Å². The van der Waals surface area contributed by atoms with E-state index in [0.29, 0.717) is 5.69 Å². The number of phenolic OH excluding ortho intramolecular Hbond substituents is 2. The van der Waals surface area contributed by atoms with Gasteiger partial charge in [0.1, 0.15) is 11.5 Å². The first-order valence-electron chi connectivity index (χ1n) is 6.13. The van der Waals surface area contributed by atoms with Gasteiger partial charge < -0.3 is 20.8 Å². The van der Waals surface area contributed by atoms with Crippen molar-refractivity contribution in [3.05, 3.63) is 42.0 Å². The van der Waals surface area contributed by atoms with Crippen molar-refractivity contribution in [1.29, 1.82) is 0 Å². The molecule has 1 amide bonds. The molecule has 0 saturated heterocycles. The lowest BCUT2D eigenvalue weighted by atomic mass is 10.2. The van der Waals surface area contributed by atoms with Crippen LogP contribution >= 0.6 is 0 Å². The van der Waals surface area contributed by atoms with E-state index in [4.69, 9.17) is 0 Å². The standard InChI is InChI=1S/C15H16N2O3/c1-9-3-5-11(6-4-9)17-13-8-14(19)12(7-15(13)20)16-10(2)18/h3-8,17,19-20H,1-2H3,(H,16,18). The molecule has 2 rings (SSSR count). The third-order valence-corrected chi connectivity index (χ3v) is 2.76. The van der Waals surface area contributed by atoms with E-state index in [2.05, 4.69) is 10.6 Å². The molecule has 5 heteroatoms. The molecule has 2 aromatic rings. The van der Waals surface area contributed by atoms with Gasteiger partial charge in [0, 0.05) is 24.7 Å². The summed E-state index contributed by atoms with van der Waals surface area (Å²) in [5.74, 6) is -0.501. The number of carbonyl (C=O) groups is 1. The zero-order valence-corrected chi connectivity index (χ0v) is 11.3. The molecule has 2 aromatic carbocycles. The number of rotatable bonds is 3. The quantitative estimate of drug-likeness (QED) is 0.511. The van der Waals surface area contributed by atoms with Crippen molar-refractivity contribution in [2.45, 2.75) is 13.8 Å². The van der Waals surface area contributed by atoms with E-state index < -0.39 is 0 Å². The van der Waals surface area contributed by atoms with E-state index in [0.717, 1.165) is 11.3 Å². The predicted octanol–water partition coefficient (Wildman–Crippen LogP) is 3.11. The van der Waals surface area contributed by atoms with E-state index in [9.17, 15) is 15.0 Å². The maximum atomic E-state index is 11.0. The molecular weight excluding hydrogens is 256 g/mol. The first-order valence-corrected chi connectivity index (χ1v) is 6.13. The molecule has 0 aliphatic carbocycles. The summed E-state index contributed by atoms with van der Waals surface area (Å²) in [4.78, 5) is 11.0. The summed E-state index contributed by atoms with van der Waals surface area (Å²) < 4.78 is 0. The van der Waals surface area contributed by atoms with Crippen molar-refractivity contribution in [2.75, 3.05) is 10.6 Å². The largest absolute Gasteiger partial charge is 0.506 e. The van der Waals surface area contributed by atoms with Gasteiger partial charge in [-0.25, -0.2) is 0 Å². The Balaban J connectivity index is 2.26. The molecule has 5 nitrogen and oxygen atoms in total. The van der Waals surface area contributed by atoms with Crippen LogP contribution in [0.4, 0.5) is 17.1 Å². The number of hydrogen-bond donors (Lipinski definition) is 4. The molecule has 4 N–H and O–H groups in total. The van der Waals surface area contributed by atoms with Gasteiger partial charge in [-0.1, -0.05) is 17.7 Å². The molecule has 20 heavy (non-hydrogen) atoms. The van der Waals surface area contributed by atoms with Crippen molar-refractivity contribution in [3.8, 4) is 11.5 Å². The number of aryl methyl sites for hydroxylation is 1. The highest BCUT2D eigenvalue weighted by molar-refractivity contribution is 5.91. The summed E-state index contributed by atoms with van der Waals surface area (Å²) in [5.41, 5.74) is 2.45. The summed E-state index contributed by atoms with van der Waals surface area (Å²) in [5, 5.41) is 25.2. The lowest BCUT2D eigenvalue weighted by Crippen LogP contribution is -2.06. The van der Waals surface area contributed by atoms with E-state index in [1.807, 2.05) is 31.2 Å². The average Bonchev–Trinajstić information content (AvgIpc) is 2.37. The van der Waals surface area contributed by atoms with Gasteiger partial charge in [-0.05, 0) is 19.1 Å². The average molecular weight is 272 g/mol. The van der Waals surface area contributed by atoms with Crippen LogP contribution in [0.3, 0.4) is 0 Å². The summed E-state index contributed by atoms with van der Waals surface area (Å²) in [6.07, 6.45) is 0. The molecule has 0 bridgehead atoms. The van der Waals surface area contributed by atoms with Crippen molar-refractivity contribution in [3.63, 3.8) is 0 Å². The highest BCUT2D eigenvalue weighted by Crippen LogP contribution is 2.36. The molecule has 0 fully saturated rings. The van der Waals surface area contributed by atoms with Gasteiger partial charge in [-0.2, -0.15) is 0 Å². The van der Waals surface area contributed by atoms with Crippen molar-refractivity contribution in [2.24, 2.45) is 0 Å². The van der Waals surface area contributed by atoms with Crippen LogP contribution in [0, 0.1) is 6.92 Å². The molecule has 0 aromatic heterocycles. The number of nitrogens with one attached hydrogen (secondary N) is 2. The molecule has 0 saturated carbocycles. The molecule has 0 radical (unpaired) electrons. The van der Waals surface area contributed by atoms with Gasteiger partial charge in [-0.15, -0.1) is 0 Å². The third kappa shape index (κ3) is 3.20. The number of aromatic hydroxyl groups is 2. The number of hydrogen-bond acceptors (Lipinski definition) is 4. The van der Waals surface area contributed by atoms with E-state index in [-0.39, 0.29) is 23.1 Å². The highest BCUT2D eigenvalue weighted by atomic mass is 16.3. The molecule has 0 atom stereocenters. The van der Waals surface area contributed by atoms with Gasteiger partial charge in [0.25, 0.3) is 0 Å². The summed E-state index contributed by atoms with van der Waals surface area (Å²) in [6.45, 7) is 3.31. The maximum Gasteiger partial charge on any atom is 0.221 e. The zero-order chi connectivity index (χ0) is 14.7. The van der Waals surface area contributed by atoms with Gasteiger partial charge in [0.05, 0.1) is 11.4 Å². The molecule has 104 valence electrons. The van der Waals surface area contributed by atoms with Crippen LogP contribution in [-0.2, 0) is 4.79 Å².